The zero-order valence-electron chi connectivity index (χ0n) is 27.4. The van der Waals surface area contributed by atoms with Crippen molar-refractivity contribution in [3.05, 3.63) is 87.3 Å². The highest BCUT2D eigenvalue weighted by atomic mass is 35.5. The number of anilines is 1. The van der Waals surface area contributed by atoms with Gasteiger partial charge in [-0.3, -0.25) is 19.3 Å². The fraction of sp³-hybridized carbons (Fsp3) is 0.333. The number of carbonyl (C=O) groups excluding carboxylic acids is 1. The molecule has 0 aliphatic carbocycles. The number of nitriles is 1. The third-order valence-electron chi connectivity index (χ3n) is 9.05. The Bertz CT molecular complexity index is 2150. The first-order valence-corrected chi connectivity index (χ1v) is 16.1. The first-order chi connectivity index (χ1) is 22.5. The van der Waals surface area contributed by atoms with Crippen molar-refractivity contribution in [1.82, 2.24) is 29.6 Å². The third-order valence-corrected chi connectivity index (χ3v) is 9.36. The maximum Gasteiger partial charge on any atom is 0.275 e. The number of aryl methyl sites for hydroxylation is 1. The van der Waals surface area contributed by atoms with Crippen LogP contribution in [0.25, 0.3) is 38.6 Å². The molecule has 11 heteroatoms. The van der Waals surface area contributed by atoms with E-state index >= 15 is 0 Å². The minimum absolute atomic E-state index is 0.00181. The van der Waals surface area contributed by atoms with Crippen molar-refractivity contribution in [2.24, 2.45) is 0 Å². The number of hydrogen-bond acceptors (Lipinski definition) is 7. The lowest BCUT2D eigenvalue weighted by molar-refractivity contribution is -0.126. The van der Waals surface area contributed by atoms with Gasteiger partial charge in [0.2, 0.25) is 5.91 Å². The van der Waals surface area contributed by atoms with Crippen LogP contribution in [0.3, 0.4) is 0 Å². The Labute approximate surface area is 278 Å². The molecule has 0 bridgehead atoms. The SMILES string of the molecule is C=CC(=O)N1CCN(c2c(C#N)c(=O)n(-c3c(C(C)C)ncnc3C(C)C)c3cc(-c4c(C)ccc5[nH]ncc45)c(Cl)cc23)[C@@H](C)C1. The molecule has 5 aromatic rings. The number of aromatic amines is 1. The normalized spacial score (nSPS) is 15.2. The van der Waals surface area contributed by atoms with Crippen molar-refractivity contribution in [3.8, 4) is 22.9 Å². The van der Waals surface area contributed by atoms with Crippen LogP contribution in [0.5, 0.6) is 0 Å². The summed E-state index contributed by atoms with van der Waals surface area (Å²) in [5, 5.41) is 20.0. The number of fused-ring (bicyclic) bond motifs is 2. The van der Waals surface area contributed by atoms with Crippen LogP contribution in [0, 0.1) is 18.3 Å². The quantitative estimate of drug-likeness (QED) is 0.205. The van der Waals surface area contributed by atoms with Crippen molar-refractivity contribution >= 4 is 45.0 Å². The van der Waals surface area contributed by atoms with Gasteiger partial charge < -0.3 is 9.80 Å². The van der Waals surface area contributed by atoms with E-state index in [0.717, 1.165) is 27.6 Å². The van der Waals surface area contributed by atoms with Crippen LogP contribution in [0.2, 0.25) is 5.02 Å². The van der Waals surface area contributed by atoms with E-state index in [1.807, 2.05) is 70.7 Å². The molecule has 1 N–H and O–H groups in total. The fourth-order valence-corrected chi connectivity index (χ4v) is 7.05. The van der Waals surface area contributed by atoms with E-state index in [1.165, 1.54) is 12.4 Å². The first-order valence-electron chi connectivity index (χ1n) is 15.8. The molecule has 0 spiro atoms. The maximum atomic E-state index is 14.9. The summed E-state index contributed by atoms with van der Waals surface area (Å²) in [4.78, 5) is 40.4. The van der Waals surface area contributed by atoms with Gasteiger partial charge in [-0.05, 0) is 61.1 Å². The zero-order valence-corrected chi connectivity index (χ0v) is 28.2. The van der Waals surface area contributed by atoms with Crippen LogP contribution >= 0.6 is 11.6 Å². The lowest BCUT2D eigenvalue weighted by Gasteiger charge is -2.41. The number of H-pyrrole nitrogens is 1. The van der Waals surface area contributed by atoms with Crippen molar-refractivity contribution < 1.29 is 4.79 Å². The highest BCUT2D eigenvalue weighted by Gasteiger charge is 2.33. The lowest BCUT2D eigenvalue weighted by Crippen LogP contribution is -2.54. The molecule has 3 aromatic heterocycles. The summed E-state index contributed by atoms with van der Waals surface area (Å²) in [5.41, 5.74) is 6.10. The number of nitrogens with zero attached hydrogens (tertiary/aromatic N) is 7. The largest absolute Gasteiger partial charge is 0.363 e. The number of amides is 1. The van der Waals surface area contributed by atoms with Crippen LogP contribution in [-0.2, 0) is 4.79 Å². The monoisotopic (exact) mass is 648 g/mol. The van der Waals surface area contributed by atoms with E-state index in [1.54, 1.807) is 15.7 Å². The predicted molar refractivity (Wildman–Crippen MR) is 186 cm³/mol. The number of pyridine rings is 1. The van der Waals surface area contributed by atoms with Crippen molar-refractivity contribution in [3.63, 3.8) is 0 Å². The van der Waals surface area contributed by atoms with Crippen LogP contribution in [0.1, 0.15) is 69.0 Å². The smallest absolute Gasteiger partial charge is 0.275 e. The molecule has 1 amide bonds. The van der Waals surface area contributed by atoms with Gasteiger partial charge in [-0.15, -0.1) is 0 Å². The summed E-state index contributed by atoms with van der Waals surface area (Å²) < 4.78 is 1.62. The second kappa shape index (κ2) is 12.3. The molecule has 1 saturated heterocycles. The first kappa shape index (κ1) is 32.0. The van der Waals surface area contributed by atoms with Gasteiger partial charge in [-0.25, -0.2) is 9.97 Å². The molecular formula is C36H37ClN8O2. The third kappa shape index (κ3) is 5.25. The number of rotatable bonds is 6. The number of nitrogens with one attached hydrogen (secondary N) is 1. The van der Waals surface area contributed by atoms with Gasteiger partial charge in [0.05, 0.1) is 40.0 Å². The van der Waals surface area contributed by atoms with Crippen molar-refractivity contribution in [1.29, 1.82) is 5.26 Å². The summed E-state index contributed by atoms with van der Waals surface area (Å²) in [5.74, 6) is -0.232. The van der Waals surface area contributed by atoms with E-state index in [-0.39, 0.29) is 29.3 Å². The summed E-state index contributed by atoms with van der Waals surface area (Å²) in [6, 6.07) is 9.85. The van der Waals surface area contributed by atoms with Gasteiger partial charge in [-0.2, -0.15) is 10.4 Å². The zero-order chi connectivity index (χ0) is 33.7. The van der Waals surface area contributed by atoms with Crippen LogP contribution in [0.15, 0.2) is 54.2 Å². The summed E-state index contributed by atoms with van der Waals surface area (Å²) in [6.07, 6.45) is 4.63. The molecule has 10 nitrogen and oxygen atoms in total. The summed E-state index contributed by atoms with van der Waals surface area (Å²) in [7, 11) is 0. The molecular weight excluding hydrogens is 612 g/mol. The van der Waals surface area contributed by atoms with Gasteiger partial charge in [0.1, 0.15) is 18.0 Å². The highest BCUT2D eigenvalue weighted by molar-refractivity contribution is 6.35. The Hall–Kier alpha value is -5.01. The molecule has 240 valence electrons. The molecule has 1 aliphatic rings. The minimum atomic E-state index is -0.461. The predicted octanol–water partition coefficient (Wildman–Crippen LogP) is 6.63. The van der Waals surface area contributed by atoms with Crippen LogP contribution in [0.4, 0.5) is 5.69 Å². The maximum absolute atomic E-state index is 14.9. The van der Waals surface area contributed by atoms with E-state index < -0.39 is 5.56 Å². The Morgan fingerprint density at radius 2 is 1.81 bits per heavy atom. The lowest BCUT2D eigenvalue weighted by atomic mass is 9.94. The standard InChI is InChI=1S/C36H37ClN8O2/c1-8-30(46)43-11-12-44(22(7)17-43)34-24-13-27(37)23(31-21(6)9-10-28-26(31)16-41-42-28)14-29(24)45(36(47)25(34)15-38)35-32(19(2)3)39-18-40-33(35)20(4)5/h8-10,13-14,16,18-20,22H,1,11-12,17H2,2-7H3,(H,41,42)/t22-/m0/s1. The number of halogens is 1. The number of aromatic nitrogens is 5. The summed E-state index contributed by atoms with van der Waals surface area (Å²) in [6.45, 7) is 17.0. The van der Waals surface area contributed by atoms with Gasteiger partial charge in [0.25, 0.3) is 5.56 Å². The number of piperazine rings is 1. The Morgan fingerprint density at radius 3 is 2.43 bits per heavy atom. The molecule has 4 heterocycles. The van der Waals surface area contributed by atoms with Crippen molar-refractivity contribution in [2.75, 3.05) is 24.5 Å². The molecule has 0 saturated carbocycles. The molecule has 6 rings (SSSR count). The molecule has 0 radical (unpaired) electrons. The second-order valence-corrected chi connectivity index (χ2v) is 13.2. The van der Waals surface area contributed by atoms with Gasteiger partial charge in [0, 0.05) is 47.0 Å². The second-order valence-electron chi connectivity index (χ2n) is 12.7. The average molecular weight is 649 g/mol. The molecule has 1 atom stereocenters. The molecule has 2 aromatic carbocycles. The highest BCUT2D eigenvalue weighted by Crippen LogP contribution is 2.42. The Kier molecular flexibility index (Phi) is 8.36. The topological polar surface area (TPSA) is 124 Å². The fourth-order valence-electron chi connectivity index (χ4n) is 6.79. The van der Waals surface area contributed by atoms with Crippen molar-refractivity contribution in [2.45, 2.75) is 59.4 Å². The van der Waals surface area contributed by atoms with E-state index in [0.29, 0.717) is 58.3 Å². The van der Waals surface area contributed by atoms with E-state index in [2.05, 4.69) is 32.8 Å². The van der Waals surface area contributed by atoms with E-state index in [9.17, 15) is 14.9 Å². The van der Waals surface area contributed by atoms with Gasteiger partial charge >= 0.3 is 0 Å². The van der Waals surface area contributed by atoms with Gasteiger partial charge in [0.15, 0.2) is 0 Å². The molecule has 0 unspecified atom stereocenters. The van der Waals surface area contributed by atoms with Crippen LogP contribution < -0.4 is 10.5 Å². The Balaban J connectivity index is 1.76. The van der Waals surface area contributed by atoms with Gasteiger partial charge in [-0.1, -0.05) is 51.9 Å². The number of benzene rings is 2. The molecule has 1 fully saturated rings. The van der Waals surface area contributed by atoms with E-state index in [4.69, 9.17) is 11.6 Å². The minimum Gasteiger partial charge on any atom is -0.363 e. The van der Waals surface area contributed by atoms with Crippen LogP contribution in [-0.4, -0.2) is 61.2 Å². The summed E-state index contributed by atoms with van der Waals surface area (Å²) >= 11 is 7.20. The molecule has 1 aliphatic heterocycles. The number of hydrogen-bond donors (Lipinski definition) is 1. The average Bonchev–Trinajstić information content (AvgIpc) is 3.53. The number of carbonyl (C=O) groups is 1. The Morgan fingerprint density at radius 1 is 1.11 bits per heavy atom. The molecule has 47 heavy (non-hydrogen) atoms.